The normalized spacial score (nSPS) is 11.0. The lowest BCUT2D eigenvalue weighted by Gasteiger charge is -2.19. The Labute approximate surface area is 280 Å². The van der Waals surface area contributed by atoms with Crippen LogP contribution in [-0.2, 0) is 0 Å². The van der Waals surface area contributed by atoms with Crippen LogP contribution in [0.25, 0.3) is 32.7 Å². The average Bonchev–Trinajstić information content (AvgIpc) is 3.12. The minimum absolute atomic E-state index is 0.351. The van der Waals surface area contributed by atoms with Crippen molar-refractivity contribution < 1.29 is 28.5 Å². The Morgan fingerprint density at radius 2 is 0.875 bits per heavy atom. The highest BCUT2D eigenvalue weighted by Gasteiger charge is 2.23. The lowest BCUT2D eigenvalue weighted by atomic mass is 9.92. The SMILES string of the molecule is CCCCOc1ccc(C(=O)Oc2ccc3ccccc3c2-c2c(OC(=O)c3ccc(OCCCC)cc3)ccc3ccccc23)cc1. The molecule has 0 heterocycles. The molecule has 0 spiro atoms. The summed E-state index contributed by atoms with van der Waals surface area (Å²) in [7, 11) is 0. The van der Waals surface area contributed by atoms with Crippen molar-refractivity contribution in [3.05, 3.63) is 132 Å². The van der Waals surface area contributed by atoms with Gasteiger partial charge in [-0.15, -0.1) is 0 Å². The molecule has 0 atom stereocenters. The summed E-state index contributed by atoms with van der Waals surface area (Å²) in [5.41, 5.74) is 2.09. The predicted octanol–water partition coefficient (Wildman–Crippen LogP) is 10.5. The maximum atomic E-state index is 13.6. The minimum Gasteiger partial charge on any atom is -0.494 e. The summed E-state index contributed by atoms with van der Waals surface area (Å²) in [4.78, 5) is 27.1. The van der Waals surface area contributed by atoms with Crippen LogP contribution < -0.4 is 18.9 Å². The minimum atomic E-state index is -0.508. The van der Waals surface area contributed by atoms with Crippen LogP contribution in [0.4, 0.5) is 0 Å². The van der Waals surface area contributed by atoms with E-state index in [1.165, 1.54) is 0 Å². The number of esters is 2. The molecule has 0 N–H and O–H groups in total. The van der Waals surface area contributed by atoms with Gasteiger partial charge < -0.3 is 18.9 Å². The number of ether oxygens (including phenoxy) is 4. The Morgan fingerprint density at radius 1 is 0.479 bits per heavy atom. The number of carbonyl (C=O) groups is 2. The fraction of sp³-hybridized carbons (Fsp3) is 0.190. The summed E-state index contributed by atoms with van der Waals surface area (Å²) >= 11 is 0. The van der Waals surface area contributed by atoms with Crippen LogP contribution in [0.2, 0.25) is 0 Å². The van der Waals surface area contributed by atoms with Crippen molar-refractivity contribution >= 4 is 33.5 Å². The van der Waals surface area contributed by atoms with Crippen LogP contribution in [0.5, 0.6) is 23.0 Å². The van der Waals surface area contributed by atoms with Gasteiger partial charge in [0.05, 0.1) is 24.3 Å². The number of hydrogen-bond donors (Lipinski definition) is 0. The largest absolute Gasteiger partial charge is 0.494 e. The van der Waals surface area contributed by atoms with E-state index in [1.807, 2.05) is 60.7 Å². The van der Waals surface area contributed by atoms with Crippen LogP contribution in [0, 0.1) is 0 Å². The van der Waals surface area contributed by atoms with E-state index in [4.69, 9.17) is 18.9 Å². The smallest absolute Gasteiger partial charge is 0.343 e. The molecule has 0 radical (unpaired) electrons. The first-order chi connectivity index (χ1) is 23.6. The number of benzene rings is 6. The summed E-state index contributed by atoms with van der Waals surface area (Å²) in [6.45, 7) is 5.46. The lowest BCUT2D eigenvalue weighted by Crippen LogP contribution is -2.11. The van der Waals surface area contributed by atoms with Crippen molar-refractivity contribution in [2.75, 3.05) is 13.2 Å². The van der Waals surface area contributed by atoms with E-state index in [1.54, 1.807) is 60.7 Å². The van der Waals surface area contributed by atoms with Gasteiger partial charge in [0.1, 0.15) is 23.0 Å². The molecule has 0 unspecified atom stereocenters. The molecule has 6 rings (SSSR count). The van der Waals surface area contributed by atoms with Crippen LogP contribution in [-0.4, -0.2) is 25.2 Å². The van der Waals surface area contributed by atoms with Gasteiger partial charge >= 0.3 is 11.9 Å². The van der Waals surface area contributed by atoms with E-state index >= 15 is 0 Å². The Balaban J connectivity index is 1.39. The Kier molecular flexibility index (Phi) is 10.3. The first-order valence-corrected chi connectivity index (χ1v) is 16.5. The second kappa shape index (κ2) is 15.3. The second-order valence-electron chi connectivity index (χ2n) is 11.6. The molecule has 0 saturated carbocycles. The quantitative estimate of drug-likeness (QED) is 0.0712. The molecule has 0 aliphatic rings. The fourth-order valence-electron chi connectivity index (χ4n) is 5.55. The van der Waals surface area contributed by atoms with Gasteiger partial charge in [-0.1, -0.05) is 87.4 Å². The van der Waals surface area contributed by atoms with Crippen LogP contribution >= 0.6 is 0 Å². The van der Waals surface area contributed by atoms with Crippen molar-refractivity contribution in [2.24, 2.45) is 0 Å². The van der Waals surface area contributed by atoms with Crippen molar-refractivity contribution in [1.29, 1.82) is 0 Å². The van der Waals surface area contributed by atoms with Gasteiger partial charge in [0.15, 0.2) is 0 Å². The standard InChI is InChI=1S/C42H38O6/c1-3-5-27-45-33-21-15-31(16-22-33)41(43)47-37-25-19-29-11-7-9-13-35(29)39(37)40-36-14-10-8-12-30(36)20-26-38(40)48-42(44)32-17-23-34(24-18-32)46-28-6-4-2/h7-26H,3-6,27-28H2,1-2H3. The third kappa shape index (κ3) is 7.34. The van der Waals surface area contributed by atoms with Crippen molar-refractivity contribution in [2.45, 2.75) is 39.5 Å². The highest BCUT2D eigenvalue weighted by atomic mass is 16.5. The predicted molar refractivity (Wildman–Crippen MR) is 190 cm³/mol. The molecule has 0 bridgehead atoms. The fourth-order valence-corrected chi connectivity index (χ4v) is 5.55. The van der Waals surface area contributed by atoms with Gasteiger partial charge in [0, 0.05) is 11.1 Å². The maximum absolute atomic E-state index is 13.6. The van der Waals surface area contributed by atoms with Gasteiger partial charge in [0.2, 0.25) is 0 Å². The topological polar surface area (TPSA) is 71.1 Å². The molecular formula is C42H38O6. The molecule has 0 saturated heterocycles. The third-order valence-corrected chi connectivity index (χ3v) is 8.15. The summed E-state index contributed by atoms with van der Waals surface area (Å²) < 4.78 is 23.8. The van der Waals surface area contributed by atoms with Gasteiger partial charge in [-0.3, -0.25) is 0 Å². The summed E-state index contributed by atoms with van der Waals surface area (Å²) in [5, 5.41) is 3.60. The molecule has 0 aromatic heterocycles. The number of unbranched alkanes of at least 4 members (excludes halogenated alkanes) is 2. The van der Waals surface area contributed by atoms with E-state index in [9.17, 15) is 9.59 Å². The maximum Gasteiger partial charge on any atom is 0.343 e. The number of rotatable bonds is 13. The monoisotopic (exact) mass is 638 g/mol. The van der Waals surface area contributed by atoms with E-state index in [2.05, 4.69) is 13.8 Å². The lowest BCUT2D eigenvalue weighted by molar-refractivity contribution is 0.0723. The van der Waals surface area contributed by atoms with Crippen molar-refractivity contribution in [3.63, 3.8) is 0 Å². The molecule has 48 heavy (non-hydrogen) atoms. The zero-order valence-corrected chi connectivity index (χ0v) is 27.2. The second-order valence-corrected chi connectivity index (χ2v) is 11.6. The zero-order chi connectivity index (χ0) is 33.3. The number of hydrogen-bond acceptors (Lipinski definition) is 6. The van der Waals surface area contributed by atoms with Gasteiger partial charge in [-0.05, 0) is 95.1 Å². The first-order valence-electron chi connectivity index (χ1n) is 16.5. The summed E-state index contributed by atoms with van der Waals surface area (Å²) in [5.74, 6) is 1.09. The van der Waals surface area contributed by atoms with Crippen LogP contribution in [0.15, 0.2) is 121 Å². The van der Waals surface area contributed by atoms with E-state index in [-0.39, 0.29) is 0 Å². The Morgan fingerprint density at radius 3 is 1.27 bits per heavy atom. The number of fused-ring (bicyclic) bond motifs is 2. The van der Waals surface area contributed by atoms with Crippen LogP contribution in [0.1, 0.15) is 60.2 Å². The van der Waals surface area contributed by atoms with E-state index in [0.717, 1.165) is 47.2 Å². The number of carbonyl (C=O) groups excluding carboxylic acids is 2. The zero-order valence-electron chi connectivity index (χ0n) is 27.2. The van der Waals surface area contributed by atoms with Gasteiger partial charge in [-0.2, -0.15) is 0 Å². The molecule has 0 aliphatic heterocycles. The molecule has 6 aromatic carbocycles. The van der Waals surface area contributed by atoms with Gasteiger partial charge in [0.25, 0.3) is 0 Å². The molecule has 0 amide bonds. The molecule has 0 aliphatic carbocycles. The molecule has 0 fully saturated rings. The van der Waals surface area contributed by atoms with E-state index < -0.39 is 11.9 Å². The average molecular weight is 639 g/mol. The van der Waals surface area contributed by atoms with Crippen molar-refractivity contribution in [3.8, 4) is 34.1 Å². The molecule has 242 valence electrons. The Hall–Kier alpha value is -5.62. The Bertz CT molecular complexity index is 1880. The first kappa shape index (κ1) is 32.3. The van der Waals surface area contributed by atoms with Crippen LogP contribution in [0.3, 0.4) is 0 Å². The molecule has 6 aromatic rings. The molecule has 6 heteroatoms. The highest BCUT2D eigenvalue weighted by molar-refractivity contribution is 6.11. The highest BCUT2D eigenvalue weighted by Crippen LogP contribution is 2.46. The summed E-state index contributed by atoms with van der Waals surface area (Å²) in [6.07, 6.45) is 4.00. The van der Waals surface area contributed by atoms with Crippen molar-refractivity contribution in [1.82, 2.24) is 0 Å². The van der Waals surface area contributed by atoms with E-state index in [0.29, 0.717) is 58.5 Å². The third-order valence-electron chi connectivity index (χ3n) is 8.15. The van der Waals surface area contributed by atoms with Gasteiger partial charge in [-0.25, -0.2) is 9.59 Å². The summed E-state index contributed by atoms with van der Waals surface area (Å²) in [6, 6.07) is 37.1. The molecular weight excluding hydrogens is 600 g/mol. The molecule has 6 nitrogen and oxygen atoms in total.